The van der Waals surface area contributed by atoms with Crippen LogP contribution in [0.3, 0.4) is 0 Å². The highest BCUT2D eigenvalue weighted by molar-refractivity contribution is 8.26. The first-order chi connectivity index (χ1) is 13.0. The molecule has 1 N–H and O–H groups in total. The first-order valence-electron chi connectivity index (χ1n) is 8.49. The van der Waals surface area contributed by atoms with Crippen LogP contribution in [-0.4, -0.2) is 45.0 Å². The van der Waals surface area contributed by atoms with Gasteiger partial charge in [-0.05, 0) is 24.1 Å². The van der Waals surface area contributed by atoms with E-state index in [-0.39, 0.29) is 24.8 Å². The van der Waals surface area contributed by atoms with E-state index in [0.29, 0.717) is 14.4 Å². The number of amides is 2. The van der Waals surface area contributed by atoms with Crippen molar-refractivity contribution >= 4 is 63.1 Å². The fourth-order valence-corrected chi connectivity index (χ4v) is 4.66. The molecule has 1 fully saturated rings. The predicted octanol–water partition coefficient (Wildman–Crippen LogP) is 3.44. The van der Waals surface area contributed by atoms with Crippen molar-refractivity contribution in [2.75, 3.05) is 18.8 Å². The van der Waals surface area contributed by atoms with Crippen molar-refractivity contribution in [3.63, 3.8) is 0 Å². The molecule has 2 aliphatic heterocycles. The summed E-state index contributed by atoms with van der Waals surface area (Å²) >= 11 is 8.12. The molecule has 0 aliphatic carbocycles. The summed E-state index contributed by atoms with van der Waals surface area (Å²) in [6.07, 6.45) is 4.05. The molecule has 140 valence electrons. The fraction of sp³-hybridized carbons (Fsp3) is 0.263. The number of aliphatic imine (C=N–C) groups is 1. The minimum absolute atomic E-state index is 0.147. The van der Waals surface area contributed by atoms with E-state index in [1.54, 1.807) is 0 Å². The van der Waals surface area contributed by atoms with E-state index >= 15 is 0 Å². The lowest BCUT2D eigenvalue weighted by atomic mass is 10.1. The molecule has 0 spiro atoms. The van der Waals surface area contributed by atoms with Gasteiger partial charge in [-0.2, -0.15) is 0 Å². The Balaban J connectivity index is 1.59. The number of rotatable bonds is 5. The minimum Gasteiger partial charge on any atom is -0.305 e. The summed E-state index contributed by atoms with van der Waals surface area (Å²) in [6.45, 7) is 2.95. The molecule has 1 aromatic rings. The molecule has 0 saturated carbocycles. The Morgan fingerprint density at radius 2 is 2.15 bits per heavy atom. The number of amidine groups is 1. The van der Waals surface area contributed by atoms with Crippen molar-refractivity contribution in [1.29, 1.82) is 0 Å². The molecule has 2 aliphatic rings. The van der Waals surface area contributed by atoms with Crippen LogP contribution in [0.5, 0.6) is 0 Å². The summed E-state index contributed by atoms with van der Waals surface area (Å²) in [5.74, 6) is 0.595. The van der Waals surface area contributed by atoms with Gasteiger partial charge in [0.25, 0.3) is 5.91 Å². The third kappa shape index (κ3) is 5.54. The van der Waals surface area contributed by atoms with E-state index in [1.807, 2.05) is 49.4 Å². The van der Waals surface area contributed by atoms with Crippen molar-refractivity contribution < 1.29 is 9.59 Å². The van der Waals surface area contributed by atoms with Gasteiger partial charge in [-0.25, -0.2) is 0 Å². The van der Waals surface area contributed by atoms with Crippen LogP contribution in [0.4, 0.5) is 0 Å². The molecule has 27 heavy (non-hydrogen) atoms. The lowest BCUT2D eigenvalue weighted by molar-refractivity contribution is -0.123. The van der Waals surface area contributed by atoms with Crippen molar-refractivity contribution in [2.45, 2.75) is 13.3 Å². The van der Waals surface area contributed by atoms with Crippen molar-refractivity contribution in [3.8, 4) is 0 Å². The SMILES string of the molecule is CC(=Cc1ccccc1)/C=C1/SC(=S)N(CCC(=O)NC2=NCCS2)C1=O. The van der Waals surface area contributed by atoms with Crippen LogP contribution in [0.25, 0.3) is 6.08 Å². The first-order valence-corrected chi connectivity index (χ1v) is 10.7. The van der Waals surface area contributed by atoms with E-state index in [4.69, 9.17) is 12.2 Å². The number of thioether (sulfide) groups is 2. The van der Waals surface area contributed by atoms with Crippen molar-refractivity contribution in [3.05, 3.63) is 52.4 Å². The second-order valence-electron chi connectivity index (χ2n) is 5.97. The molecule has 5 nitrogen and oxygen atoms in total. The molecule has 0 unspecified atom stereocenters. The number of benzene rings is 1. The van der Waals surface area contributed by atoms with E-state index in [2.05, 4.69) is 10.3 Å². The maximum Gasteiger partial charge on any atom is 0.266 e. The number of hydrogen-bond donors (Lipinski definition) is 1. The lowest BCUT2D eigenvalue weighted by Gasteiger charge is -2.13. The van der Waals surface area contributed by atoms with Crippen LogP contribution in [0.2, 0.25) is 0 Å². The van der Waals surface area contributed by atoms with E-state index in [9.17, 15) is 9.59 Å². The summed E-state index contributed by atoms with van der Waals surface area (Å²) in [7, 11) is 0. The summed E-state index contributed by atoms with van der Waals surface area (Å²) in [5, 5.41) is 3.42. The van der Waals surface area contributed by atoms with Crippen LogP contribution in [0, 0.1) is 0 Å². The van der Waals surface area contributed by atoms with Gasteiger partial charge in [-0.3, -0.25) is 19.5 Å². The quantitative estimate of drug-likeness (QED) is 0.587. The van der Waals surface area contributed by atoms with Crippen LogP contribution >= 0.6 is 35.7 Å². The Morgan fingerprint density at radius 3 is 2.85 bits per heavy atom. The first kappa shape index (κ1) is 19.9. The predicted molar refractivity (Wildman–Crippen MR) is 118 cm³/mol. The van der Waals surface area contributed by atoms with Gasteiger partial charge in [-0.1, -0.05) is 72.1 Å². The largest absolute Gasteiger partial charge is 0.305 e. The maximum atomic E-state index is 12.6. The highest BCUT2D eigenvalue weighted by atomic mass is 32.2. The van der Waals surface area contributed by atoms with Gasteiger partial charge in [-0.15, -0.1) is 0 Å². The summed E-state index contributed by atoms with van der Waals surface area (Å²) < 4.78 is 0.485. The highest BCUT2D eigenvalue weighted by Gasteiger charge is 2.32. The zero-order chi connectivity index (χ0) is 19.2. The van der Waals surface area contributed by atoms with Gasteiger partial charge >= 0.3 is 0 Å². The zero-order valence-corrected chi connectivity index (χ0v) is 17.3. The third-order valence-corrected chi connectivity index (χ3v) is 6.09. The van der Waals surface area contributed by atoms with Gasteiger partial charge in [0, 0.05) is 18.7 Å². The molecule has 1 aromatic carbocycles. The van der Waals surface area contributed by atoms with Crippen molar-refractivity contribution in [2.24, 2.45) is 4.99 Å². The average Bonchev–Trinajstić information content (AvgIpc) is 3.23. The van der Waals surface area contributed by atoms with Gasteiger partial charge < -0.3 is 5.32 Å². The number of carbonyl (C=O) groups excluding carboxylic acids is 2. The Bertz CT molecular complexity index is 847. The topological polar surface area (TPSA) is 61.8 Å². The smallest absolute Gasteiger partial charge is 0.266 e. The molecule has 0 atom stereocenters. The molecule has 8 heteroatoms. The van der Waals surface area contributed by atoms with Gasteiger partial charge in [0.2, 0.25) is 5.91 Å². The zero-order valence-electron chi connectivity index (χ0n) is 14.8. The Labute approximate surface area is 172 Å². The summed E-state index contributed by atoms with van der Waals surface area (Å²) in [6, 6.07) is 9.92. The average molecular weight is 418 g/mol. The molecule has 3 rings (SSSR count). The van der Waals surface area contributed by atoms with Gasteiger partial charge in [0.1, 0.15) is 4.32 Å². The maximum absolute atomic E-state index is 12.6. The molecule has 1 saturated heterocycles. The van der Waals surface area contributed by atoms with E-state index in [0.717, 1.165) is 23.4 Å². The van der Waals surface area contributed by atoms with Crippen LogP contribution in [0.1, 0.15) is 18.9 Å². The molecular weight excluding hydrogens is 398 g/mol. The van der Waals surface area contributed by atoms with E-state index < -0.39 is 0 Å². The molecule has 0 radical (unpaired) electrons. The summed E-state index contributed by atoms with van der Waals surface area (Å²) in [5.41, 5.74) is 2.04. The number of carbonyl (C=O) groups is 2. The molecular formula is C19H19N3O2S3. The monoisotopic (exact) mass is 417 g/mol. The minimum atomic E-state index is -0.152. The number of thiocarbonyl (C=S) groups is 1. The number of hydrogen-bond acceptors (Lipinski definition) is 6. The highest BCUT2D eigenvalue weighted by Crippen LogP contribution is 2.32. The second-order valence-corrected chi connectivity index (χ2v) is 8.73. The molecule has 0 aromatic heterocycles. The van der Waals surface area contributed by atoms with Crippen LogP contribution in [-0.2, 0) is 9.59 Å². The standard InChI is InChI=1S/C19H19N3O2S3/c1-13(11-14-5-3-2-4-6-14)12-15-17(24)22(19(25)27-15)9-7-16(23)21-18-20-8-10-26-18/h2-6,11-12H,7-10H2,1H3,(H,20,21,23)/b13-11?,15-12+. The van der Waals surface area contributed by atoms with E-state index in [1.165, 1.54) is 28.4 Å². The molecule has 2 amide bonds. The van der Waals surface area contributed by atoms with Gasteiger partial charge in [0.15, 0.2) is 5.17 Å². The number of nitrogens with one attached hydrogen (secondary N) is 1. The molecule has 2 heterocycles. The third-order valence-electron chi connectivity index (χ3n) is 3.82. The summed E-state index contributed by atoms with van der Waals surface area (Å²) in [4.78, 5) is 30.9. The fourth-order valence-electron chi connectivity index (χ4n) is 2.56. The normalized spacial score (nSPS) is 19.0. The van der Waals surface area contributed by atoms with Crippen LogP contribution in [0.15, 0.2) is 51.9 Å². The second kappa shape index (κ2) is 9.34. The van der Waals surface area contributed by atoms with Crippen molar-refractivity contribution in [1.82, 2.24) is 10.2 Å². The van der Waals surface area contributed by atoms with Crippen LogP contribution < -0.4 is 5.32 Å². The lowest BCUT2D eigenvalue weighted by Crippen LogP contribution is -2.34. The number of nitrogens with zero attached hydrogens (tertiary/aromatic N) is 2. The Hall–Kier alpha value is -1.90. The Kier molecular flexibility index (Phi) is 6.87. The molecule has 0 bridgehead atoms. The Morgan fingerprint density at radius 1 is 1.37 bits per heavy atom. The van der Waals surface area contributed by atoms with Gasteiger partial charge in [0.05, 0.1) is 11.4 Å². The number of allylic oxidation sites excluding steroid dienone is 2.